The van der Waals surface area contributed by atoms with Gasteiger partial charge in [-0.2, -0.15) is 13.2 Å². The van der Waals surface area contributed by atoms with E-state index in [1.54, 1.807) is 0 Å². The van der Waals surface area contributed by atoms with Crippen LogP contribution in [0.4, 0.5) is 18.9 Å². The van der Waals surface area contributed by atoms with Crippen LogP contribution in [0.1, 0.15) is 15.9 Å². The van der Waals surface area contributed by atoms with Crippen LogP contribution in [0.5, 0.6) is 0 Å². The number of alkyl halides is 3. The minimum atomic E-state index is -4.58. The third kappa shape index (κ3) is 5.37. The summed E-state index contributed by atoms with van der Waals surface area (Å²) in [5, 5.41) is 2.95. The minimum Gasteiger partial charge on any atom is -0.452 e. The molecule has 9 heteroatoms. The molecule has 0 unspecified atom stereocenters. The summed E-state index contributed by atoms with van der Waals surface area (Å²) in [7, 11) is 0. The lowest BCUT2D eigenvalue weighted by Crippen LogP contribution is -2.21. The third-order valence-corrected chi connectivity index (χ3v) is 3.51. The molecule has 2 aromatic rings. The summed E-state index contributed by atoms with van der Waals surface area (Å²) < 4.78 is 42.6. The number of halogens is 5. The Balaban J connectivity index is 1.96. The summed E-state index contributed by atoms with van der Waals surface area (Å²) in [6.45, 7) is -0.686. The molecule has 132 valence electrons. The molecule has 0 heterocycles. The molecule has 1 N–H and O–H groups in total. The van der Waals surface area contributed by atoms with E-state index in [1.165, 1.54) is 18.2 Å². The first-order chi connectivity index (χ1) is 11.7. The van der Waals surface area contributed by atoms with Gasteiger partial charge in [-0.3, -0.25) is 4.79 Å². The molecule has 0 atom stereocenters. The normalized spacial score (nSPS) is 11.1. The first kappa shape index (κ1) is 19.1. The molecule has 2 aromatic carbocycles. The lowest BCUT2D eigenvalue weighted by Gasteiger charge is -2.10. The van der Waals surface area contributed by atoms with Crippen LogP contribution in [0.15, 0.2) is 42.5 Å². The lowest BCUT2D eigenvalue weighted by molar-refractivity contribution is -0.137. The van der Waals surface area contributed by atoms with E-state index in [0.717, 1.165) is 18.2 Å². The molecular weight excluding hydrogens is 382 g/mol. The van der Waals surface area contributed by atoms with Gasteiger partial charge in [0, 0.05) is 5.02 Å². The van der Waals surface area contributed by atoms with E-state index in [-0.39, 0.29) is 16.3 Å². The monoisotopic (exact) mass is 391 g/mol. The van der Waals surface area contributed by atoms with E-state index < -0.39 is 30.2 Å². The maximum atomic E-state index is 12.6. The number of benzene rings is 2. The summed E-state index contributed by atoms with van der Waals surface area (Å²) >= 11 is 11.6. The molecule has 0 fully saturated rings. The maximum absolute atomic E-state index is 12.6. The van der Waals surface area contributed by atoms with Crippen molar-refractivity contribution in [2.45, 2.75) is 6.18 Å². The van der Waals surface area contributed by atoms with Gasteiger partial charge in [0.15, 0.2) is 6.61 Å². The Morgan fingerprint density at radius 3 is 2.44 bits per heavy atom. The predicted octanol–water partition coefficient (Wildman–Crippen LogP) is 4.81. The van der Waals surface area contributed by atoms with Gasteiger partial charge in [-0.15, -0.1) is 0 Å². The van der Waals surface area contributed by atoms with E-state index >= 15 is 0 Å². The number of amides is 1. The molecule has 0 bridgehead atoms. The first-order valence-electron chi connectivity index (χ1n) is 6.76. The van der Waals surface area contributed by atoms with Crippen molar-refractivity contribution in [3.8, 4) is 0 Å². The second-order valence-electron chi connectivity index (χ2n) is 4.83. The Morgan fingerprint density at radius 1 is 1.08 bits per heavy atom. The zero-order chi connectivity index (χ0) is 18.6. The van der Waals surface area contributed by atoms with Gasteiger partial charge in [0.05, 0.1) is 21.8 Å². The fraction of sp³-hybridized carbons (Fsp3) is 0.125. The summed E-state index contributed by atoms with van der Waals surface area (Å²) in [6.07, 6.45) is -4.58. The standard InChI is InChI=1S/C16H10Cl2F3NO3/c17-11-4-5-13(12(18)7-11)22-14(23)8-25-15(24)9-2-1-3-10(6-9)16(19,20)21/h1-7H,8H2,(H,22,23). The first-order valence-corrected chi connectivity index (χ1v) is 7.51. The van der Waals surface area contributed by atoms with E-state index in [9.17, 15) is 22.8 Å². The van der Waals surface area contributed by atoms with Crippen LogP contribution in [0.3, 0.4) is 0 Å². The van der Waals surface area contributed by atoms with Crippen LogP contribution in [-0.2, 0) is 15.7 Å². The number of rotatable bonds is 4. The zero-order valence-electron chi connectivity index (χ0n) is 12.4. The average molecular weight is 392 g/mol. The molecule has 1 amide bonds. The molecule has 0 aliphatic carbocycles. The smallest absolute Gasteiger partial charge is 0.416 e. The van der Waals surface area contributed by atoms with Gasteiger partial charge in [0.1, 0.15) is 0 Å². The van der Waals surface area contributed by atoms with Crippen LogP contribution >= 0.6 is 23.2 Å². The number of nitrogens with one attached hydrogen (secondary N) is 1. The molecule has 0 spiro atoms. The minimum absolute atomic E-state index is 0.185. The SMILES string of the molecule is O=C(COC(=O)c1cccc(C(F)(F)F)c1)Nc1ccc(Cl)cc1Cl. The van der Waals surface area contributed by atoms with Crippen molar-refractivity contribution < 1.29 is 27.5 Å². The van der Waals surface area contributed by atoms with Crippen molar-refractivity contribution in [2.24, 2.45) is 0 Å². The highest BCUT2D eigenvalue weighted by Crippen LogP contribution is 2.29. The zero-order valence-corrected chi connectivity index (χ0v) is 13.9. The molecule has 2 rings (SSSR count). The van der Waals surface area contributed by atoms with E-state index in [4.69, 9.17) is 27.9 Å². The summed E-state index contributed by atoms with van der Waals surface area (Å²) in [5.41, 5.74) is -1.04. The quantitative estimate of drug-likeness (QED) is 0.761. The fourth-order valence-electron chi connectivity index (χ4n) is 1.81. The van der Waals surface area contributed by atoms with Gasteiger partial charge >= 0.3 is 12.1 Å². The van der Waals surface area contributed by atoms with Crippen molar-refractivity contribution in [1.82, 2.24) is 0 Å². The molecule has 0 aliphatic rings. The van der Waals surface area contributed by atoms with Crippen molar-refractivity contribution in [3.05, 3.63) is 63.6 Å². The number of hydrogen-bond acceptors (Lipinski definition) is 3. The van der Waals surface area contributed by atoms with Gasteiger partial charge in [-0.05, 0) is 36.4 Å². The molecule has 0 radical (unpaired) electrons. The summed E-state index contributed by atoms with van der Waals surface area (Å²) in [4.78, 5) is 23.5. The second-order valence-corrected chi connectivity index (χ2v) is 5.67. The number of carbonyl (C=O) groups is 2. The number of ether oxygens (including phenoxy) is 1. The molecular formula is C16H10Cl2F3NO3. The van der Waals surface area contributed by atoms with Gasteiger partial charge < -0.3 is 10.1 Å². The van der Waals surface area contributed by atoms with Crippen LogP contribution in [-0.4, -0.2) is 18.5 Å². The number of carbonyl (C=O) groups excluding carboxylic acids is 2. The maximum Gasteiger partial charge on any atom is 0.416 e. The third-order valence-electron chi connectivity index (χ3n) is 2.97. The van der Waals surface area contributed by atoms with Crippen LogP contribution in [0.25, 0.3) is 0 Å². The highest BCUT2D eigenvalue weighted by Gasteiger charge is 2.31. The van der Waals surface area contributed by atoms with Crippen molar-refractivity contribution in [2.75, 3.05) is 11.9 Å². The van der Waals surface area contributed by atoms with Gasteiger partial charge in [-0.25, -0.2) is 4.79 Å². The predicted molar refractivity (Wildman–Crippen MR) is 86.8 cm³/mol. The van der Waals surface area contributed by atoms with E-state index in [0.29, 0.717) is 11.1 Å². The molecule has 0 saturated heterocycles. The van der Waals surface area contributed by atoms with Crippen molar-refractivity contribution in [3.63, 3.8) is 0 Å². The number of esters is 1. The van der Waals surface area contributed by atoms with Crippen LogP contribution in [0, 0.1) is 0 Å². The Kier molecular flexibility index (Phi) is 5.92. The number of hydrogen-bond donors (Lipinski definition) is 1. The van der Waals surface area contributed by atoms with Crippen molar-refractivity contribution >= 4 is 40.8 Å². The van der Waals surface area contributed by atoms with E-state index in [2.05, 4.69) is 5.32 Å². The Hall–Kier alpha value is -2.25. The van der Waals surface area contributed by atoms with Gasteiger partial charge in [0.25, 0.3) is 5.91 Å². The largest absolute Gasteiger partial charge is 0.452 e. The van der Waals surface area contributed by atoms with Gasteiger partial charge in [0.2, 0.25) is 0 Å². The average Bonchev–Trinajstić information content (AvgIpc) is 2.54. The topological polar surface area (TPSA) is 55.4 Å². The van der Waals surface area contributed by atoms with Crippen LogP contribution in [0.2, 0.25) is 10.0 Å². The highest BCUT2D eigenvalue weighted by atomic mass is 35.5. The fourth-order valence-corrected chi connectivity index (χ4v) is 2.27. The molecule has 25 heavy (non-hydrogen) atoms. The molecule has 4 nitrogen and oxygen atoms in total. The van der Waals surface area contributed by atoms with E-state index in [1.807, 2.05) is 0 Å². The van der Waals surface area contributed by atoms with Crippen LogP contribution < -0.4 is 5.32 Å². The Morgan fingerprint density at radius 2 is 1.80 bits per heavy atom. The van der Waals surface area contributed by atoms with Crippen molar-refractivity contribution in [1.29, 1.82) is 0 Å². The molecule has 0 saturated carbocycles. The lowest BCUT2D eigenvalue weighted by atomic mass is 10.1. The Bertz CT molecular complexity index is 809. The second kappa shape index (κ2) is 7.76. The molecule has 0 aromatic heterocycles. The Labute approximate surface area is 150 Å². The number of anilines is 1. The highest BCUT2D eigenvalue weighted by molar-refractivity contribution is 6.36. The molecule has 0 aliphatic heterocycles. The summed E-state index contributed by atoms with van der Waals surface area (Å²) in [6, 6.07) is 8.07. The van der Waals surface area contributed by atoms with Gasteiger partial charge in [-0.1, -0.05) is 29.3 Å². The summed E-state index contributed by atoms with van der Waals surface area (Å²) in [5.74, 6) is -1.76.